The van der Waals surface area contributed by atoms with Gasteiger partial charge in [0.25, 0.3) is 0 Å². The molecule has 2 atom stereocenters. The number of nitrogens with one attached hydrogen (secondary N) is 3. The van der Waals surface area contributed by atoms with Gasteiger partial charge in [-0.05, 0) is 18.6 Å². The Kier molecular flexibility index (Phi) is 6.58. The summed E-state index contributed by atoms with van der Waals surface area (Å²) < 4.78 is 5.06. The molecule has 1 aromatic heterocycles. The van der Waals surface area contributed by atoms with Crippen molar-refractivity contribution in [1.29, 1.82) is 0 Å². The van der Waals surface area contributed by atoms with Gasteiger partial charge in [0.2, 0.25) is 11.8 Å². The van der Waals surface area contributed by atoms with E-state index in [0.717, 1.165) is 16.5 Å². The molecular formula is C19H27N3O3. The Hall–Kier alpha value is -2.34. The van der Waals surface area contributed by atoms with E-state index in [-0.39, 0.29) is 23.8 Å². The number of H-pyrrole nitrogens is 1. The van der Waals surface area contributed by atoms with Gasteiger partial charge in [0.15, 0.2) is 0 Å². The molecule has 2 rings (SSSR count). The van der Waals surface area contributed by atoms with Crippen LogP contribution in [0, 0.1) is 5.92 Å². The van der Waals surface area contributed by atoms with Gasteiger partial charge in [-0.2, -0.15) is 0 Å². The fourth-order valence-corrected chi connectivity index (χ4v) is 2.70. The van der Waals surface area contributed by atoms with Crippen molar-refractivity contribution in [1.82, 2.24) is 15.6 Å². The number of hydrogen-bond donors (Lipinski definition) is 3. The molecule has 0 saturated heterocycles. The first kappa shape index (κ1) is 19.0. The predicted molar refractivity (Wildman–Crippen MR) is 98.3 cm³/mol. The van der Waals surface area contributed by atoms with Crippen LogP contribution in [0.4, 0.5) is 0 Å². The molecule has 0 saturated carbocycles. The number of aromatic amines is 1. The highest BCUT2D eigenvalue weighted by Crippen LogP contribution is 2.19. The van der Waals surface area contributed by atoms with Crippen molar-refractivity contribution in [3.63, 3.8) is 0 Å². The van der Waals surface area contributed by atoms with Gasteiger partial charge in [0.05, 0.1) is 6.61 Å². The first-order valence-corrected chi connectivity index (χ1v) is 8.57. The molecule has 0 spiro atoms. The van der Waals surface area contributed by atoms with Crippen LogP contribution in [0.2, 0.25) is 0 Å². The lowest BCUT2D eigenvalue weighted by atomic mass is 10.0. The fourth-order valence-electron chi connectivity index (χ4n) is 2.70. The highest BCUT2D eigenvalue weighted by Gasteiger charge is 2.24. The van der Waals surface area contributed by atoms with E-state index in [1.165, 1.54) is 0 Å². The second-order valence-electron chi connectivity index (χ2n) is 6.64. The lowest BCUT2D eigenvalue weighted by molar-refractivity contribution is -0.131. The van der Waals surface area contributed by atoms with Gasteiger partial charge in [-0.1, -0.05) is 32.0 Å². The minimum absolute atomic E-state index is 0.126. The molecule has 2 unspecified atom stereocenters. The molecule has 25 heavy (non-hydrogen) atoms. The molecule has 2 aromatic rings. The van der Waals surface area contributed by atoms with Gasteiger partial charge in [0.1, 0.15) is 6.04 Å². The minimum Gasteiger partial charge on any atom is -0.383 e. The number of ether oxygens (including phenoxy) is 1. The highest BCUT2D eigenvalue weighted by molar-refractivity contribution is 5.90. The zero-order valence-corrected chi connectivity index (χ0v) is 15.3. The molecular weight excluding hydrogens is 318 g/mol. The maximum Gasteiger partial charge on any atom is 0.243 e. The molecule has 0 aliphatic carbocycles. The Bertz CT molecular complexity index is 724. The van der Waals surface area contributed by atoms with E-state index >= 15 is 0 Å². The maximum absolute atomic E-state index is 12.7. The van der Waals surface area contributed by atoms with Gasteiger partial charge in [-0.25, -0.2) is 0 Å². The molecule has 1 heterocycles. The van der Waals surface area contributed by atoms with Crippen molar-refractivity contribution < 1.29 is 14.3 Å². The van der Waals surface area contributed by atoms with Crippen LogP contribution in [0.5, 0.6) is 0 Å². The average Bonchev–Trinajstić information content (AvgIpc) is 2.97. The SMILES string of the molecule is COCC(C)NC(=O)C(Cc1c[nH]c2ccccc12)NC(=O)C(C)C. The lowest BCUT2D eigenvalue weighted by Crippen LogP contribution is -2.51. The van der Waals surface area contributed by atoms with Crippen LogP contribution in [-0.4, -0.2) is 42.6 Å². The number of rotatable bonds is 8. The number of amides is 2. The molecule has 6 nitrogen and oxygen atoms in total. The summed E-state index contributed by atoms with van der Waals surface area (Å²) in [5.41, 5.74) is 2.01. The van der Waals surface area contributed by atoms with Gasteiger partial charge < -0.3 is 20.4 Å². The van der Waals surface area contributed by atoms with E-state index in [4.69, 9.17) is 4.74 Å². The second-order valence-corrected chi connectivity index (χ2v) is 6.64. The third-order valence-electron chi connectivity index (χ3n) is 4.06. The Labute approximate surface area is 148 Å². The zero-order chi connectivity index (χ0) is 18.4. The second kappa shape index (κ2) is 8.67. The number of para-hydroxylation sites is 1. The lowest BCUT2D eigenvalue weighted by Gasteiger charge is -2.22. The van der Waals surface area contributed by atoms with Crippen molar-refractivity contribution in [2.24, 2.45) is 5.92 Å². The number of hydrogen-bond acceptors (Lipinski definition) is 3. The van der Waals surface area contributed by atoms with Crippen molar-refractivity contribution in [3.8, 4) is 0 Å². The minimum atomic E-state index is -0.631. The van der Waals surface area contributed by atoms with Crippen LogP contribution in [-0.2, 0) is 20.7 Å². The van der Waals surface area contributed by atoms with E-state index in [1.54, 1.807) is 7.11 Å². The summed E-state index contributed by atoms with van der Waals surface area (Å²) in [5.74, 6) is -0.530. The van der Waals surface area contributed by atoms with E-state index in [0.29, 0.717) is 13.0 Å². The quantitative estimate of drug-likeness (QED) is 0.684. The molecule has 6 heteroatoms. The van der Waals surface area contributed by atoms with Crippen molar-refractivity contribution in [2.75, 3.05) is 13.7 Å². The molecule has 2 amide bonds. The molecule has 0 bridgehead atoms. The molecule has 0 aliphatic rings. The van der Waals surface area contributed by atoms with Crippen molar-refractivity contribution >= 4 is 22.7 Å². The van der Waals surface area contributed by atoms with Crippen LogP contribution in [0.1, 0.15) is 26.3 Å². The summed E-state index contributed by atoms with van der Waals surface area (Å²) in [6.45, 7) is 5.91. The smallest absolute Gasteiger partial charge is 0.243 e. The topological polar surface area (TPSA) is 83.2 Å². The third-order valence-corrected chi connectivity index (χ3v) is 4.06. The molecule has 0 radical (unpaired) electrons. The zero-order valence-electron chi connectivity index (χ0n) is 15.3. The standard InChI is InChI=1S/C19H27N3O3/c1-12(2)18(23)22-17(19(24)21-13(3)11-25-4)9-14-10-20-16-8-6-5-7-15(14)16/h5-8,10,12-13,17,20H,9,11H2,1-4H3,(H,21,24)(H,22,23). The normalized spacial score (nSPS) is 13.6. The third kappa shape index (κ3) is 5.06. The number of fused-ring (bicyclic) bond motifs is 1. The van der Waals surface area contributed by atoms with Crippen molar-refractivity contribution in [3.05, 3.63) is 36.0 Å². The number of carbonyl (C=O) groups excluding carboxylic acids is 2. The molecule has 136 valence electrons. The van der Waals surface area contributed by atoms with Gasteiger partial charge in [0, 0.05) is 42.6 Å². The van der Waals surface area contributed by atoms with E-state index in [2.05, 4.69) is 15.6 Å². The molecule has 1 aromatic carbocycles. The fraction of sp³-hybridized carbons (Fsp3) is 0.474. The van der Waals surface area contributed by atoms with Crippen LogP contribution < -0.4 is 10.6 Å². The summed E-state index contributed by atoms with van der Waals surface area (Å²) in [4.78, 5) is 28.0. The van der Waals surface area contributed by atoms with Crippen LogP contribution in [0.3, 0.4) is 0 Å². The molecule has 0 aliphatic heterocycles. The Balaban J connectivity index is 2.18. The van der Waals surface area contributed by atoms with Gasteiger partial charge >= 0.3 is 0 Å². The first-order valence-electron chi connectivity index (χ1n) is 8.57. The number of carbonyl (C=O) groups is 2. The number of benzene rings is 1. The van der Waals surface area contributed by atoms with Crippen LogP contribution >= 0.6 is 0 Å². The molecule has 3 N–H and O–H groups in total. The maximum atomic E-state index is 12.7. The summed E-state index contributed by atoms with van der Waals surface area (Å²) in [6, 6.07) is 7.16. The Morgan fingerprint density at radius 2 is 1.84 bits per heavy atom. The van der Waals surface area contributed by atoms with Crippen molar-refractivity contribution in [2.45, 2.75) is 39.3 Å². The Morgan fingerprint density at radius 1 is 1.12 bits per heavy atom. The largest absolute Gasteiger partial charge is 0.383 e. The summed E-state index contributed by atoms with van der Waals surface area (Å²) in [5, 5.41) is 6.82. The van der Waals surface area contributed by atoms with Crippen LogP contribution in [0.15, 0.2) is 30.5 Å². The van der Waals surface area contributed by atoms with Gasteiger partial charge in [-0.3, -0.25) is 9.59 Å². The number of aromatic nitrogens is 1. The summed E-state index contributed by atoms with van der Waals surface area (Å²) in [7, 11) is 1.59. The molecule has 0 fully saturated rings. The monoisotopic (exact) mass is 345 g/mol. The highest BCUT2D eigenvalue weighted by atomic mass is 16.5. The van der Waals surface area contributed by atoms with E-state index < -0.39 is 6.04 Å². The number of methoxy groups -OCH3 is 1. The Morgan fingerprint density at radius 3 is 2.52 bits per heavy atom. The first-order chi connectivity index (χ1) is 11.9. The summed E-state index contributed by atoms with van der Waals surface area (Å²) >= 11 is 0. The predicted octanol–water partition coefficient (Wildman–Crippen LogP) is 2.00. The average molecular weight is 345 g/mol. The van der Waals surface area contributed by atoms with Crippen LogP contribution in [0.25, 0.3) is 10.9 Å². The van der Waals surface area contributed by atoms with E-state index in [9.17, 15) is 9.59 Å². The summed E-state index contributed by atoms with van der Waals surface area (Å²) in [6.07, 6.45) is 2.32. The van der Waals surface area contributed by atoms with E-state index in [1.807, 2.05) is 51.2 Å². The van der Waals surface area contributed by atoms with Gasteiger partial charge in [-0.15, -0.1) is 0 Å².